The number of nitrogens with zero attached hydrogens (tertiary/aromatic N) is 1. The fourth-order valence-corrected chi connectivity index (χ4v) is 4.54. The Morgan fingerprint density at radius 3 is 2.89 bits per heavy atom. The highest BCUT2D eigenvalue weighted by Crippen LogP contribution is 2.51. The molecule has 1 heterocycles. The third-order valence-electron chi connectivity index (χ3n) is 4.92. The van der Waals surface area contributed by atoms with E-state index >= 15 is 0 Å². The van der Waals surface area contributed by atoms with Crippen molar-refractivity contribution in [2.24, 2.45) is 17.8 Å². The zero-order valence-corrected chi connectivity index (χ0v) is 12.1. The summed E-state index contributed by atoms with van der Waals surface area (Å²) in [6.07, 6.45) is 5.83. The normalized spacial score (nSPS) is 37.7. The van der Waals surface area contributed by atoms with E-state index in [0.717, 1.165) is 10.0 Å². The molecule has 4 heteroatoms. The first-order valence-corrected chi connectivity index (χ1v) is 7.71. The monoisotopic (exact) mass is 319 g/mol. The summed E-state index contributed by atoms with van der Waals surface area (Å²) in [5.74, 6) is 1.75. The van der Waals surface area contributed by atoms with Crippen molar-refractivity contribution < 1.29 is 9.48 Å². The van der Waals surface area contributed by atoms with Gasteiger partial charge in [0.25, 0.3) is 5.91 Å². The third kappa shape index (κ3) is 1.69. The van der Waals surface area contributed by atoms with Gasteiger partial charge in [0, 0.05) is 10.4 Å². The summed E-state index contributed by atoms with van der Waals surface area (Å²) in [6.45, 7) is 0. The molecule has 4 atom stereocenters. The number of hydrazone groups is 1. The number of hydrogen-bond acceptors (Lipinski definition) is 1. The second kappa shape index (κ2) is 4.17. The van der Waals surface area contributed by atoms with Crippen LogP contribution in [0, 0.1) is 17.8 Å². The van der Waals surface area contributed by atoms with E-state index in [1.165, 1.54) is 19.3 Å². The standard InChI is InChI=1S/C15H15BrN2O/c16-12-4-2-1-3-11(12)8-18-14-10-6-5-9(7-10)13(14)15(19)17-18/h1-4,8-10,13-14H,5-7H2/p+1/b18-8+. The van der Waals surface area contributed by atoms with Gasteiger partial charge in [-0.25, -0.2) is 0 Å². The minimum Gasteiger partial charge on any atom is -0.269 e. The first kappa shape index (κ1) is 11.6. The van der Waals surface area contributed by atoms with E-state index in [-0.39, 0.29) is 11.8 Å². The molecule has 2 saturated carbocycles. The van der Waals surface area contributed by atoms with Crippen LogP contribution in [0.2, 0.25) is 0 Å². The highest BCUT2D eigenvalue weighted by atomic mass is 79.9. The Morgan fingerprint density at radius 2 is 2.05 bits per heavy atom. The number of hydrazine groups is 1. The molecule has 3 aliphatic rings. The molecule has 4 rings (SSSR count). The summed E-state index contributed by atoms with van der Waals surface area (Å²) in [6, 6.07) is 8.49. The van der Waals surface area contributed by atoms with Gasteiger partial charge < -0.3 is 0 Å². The fourth-order valence-electron chi connectivity index (χ4n) is 4.15. The van der Waals surface area contributed by atoms with Crippen molar-refractivity contribution in [2.75, 3.05) is 0 Å². The van der Waals surface area contributed by atoms with E-state index in [2.05, 4.69) is 38.3 Å². The average molecular weight is 320 g/mol. The van der Waals surface area contributed by atoms with Crippen molar-refractivity contribution in [3.63, 3.8) is 0 Å². The summed E-state index contributed by atoms with van der Waals surface area (Å²) >= 11 is 3.56. The number of halogens is 1. The van der Waals surface area contributed by atoms with Crippen molar-refractivity contribution in [2.45, 2.75) is 25.3 Å². The number of rotatable bonds is 1. The maximum atomic E-state index is 12.1. The number of amides is 1. The van der Waals surface area contributed by atoms with Gasteiger partial charge in [0.15, 0.2) is 6.04 Å². The van der Waals surface area contributed by atoms with Crippen LogP contribution >= 0.6 is 15.9 Å². The van der Waals surface area contributed by atoms with Crippen LogP contribution in [0.4, 0.5) is 0 Å². The molecule has 1 N–H and O–H groups in total. The number of hydrogen-bond donors (Lipinski definition) is 1. The molecule has 3 nitrogen and oxygen atoms in total. The Labute approximate surface area is 120 Å². The van der Waals surface area contributed by atoms with E-state index in [9.17, 15) is 4.79 Å². The minimum absolute atomic E-state index is 0.220. The zero-order chi connectivity index (χ0) is 13.0. The molecule has 1 aromatic rings. The van der Waals surface area contributed by atoms with Crippen molar-refractivity contribution in [1.29, 1.82) is 0 Å². The summed E-state index contributed by atoms with van der Waals surface area (Å²) in [4.78, 5) is 12.1. The van der Waals surface area contributed by atoms with Crippen LogP contribution < -0.4 is 5.43 Å². The highest BCUT2D eigenvalue weighted by Gasteiger charge is 2.61. The molecule has 0 spiro atoms. The second-order valence-corrected chi connectivity index (χ2v) is 6.74. The lowest BCUT2D eigenvalue weighted by Crippen LogP contribution is -2.34. The van der Waals surface area contributed by atoms with E-state index in [0.29, 0.717) is 17.9 Å². The molecule has 1 amide bonds. The summed E-state index contributed by atoms with van der Waals surface area (Å²) < 4.78 is 3.13. The largest absolute Gasteiger partial charge is 0.284 e. The van der Waals surface area contributed by atoms with Gasteiger partial charge in [-0.05, 0) is 53.2 Å². The highest BCUT2D eigenvalue weighted by molar-refractivity contribution is 9.10. The average Bonchev–Trinajstić information content (AvgIpc) is 3.07. The van der Waals surface area contributed by atoms with Gasteiger partial charge in [0.05, 0.1) is 5.56 Å². The molecule has 98 valence electrons. The van der Waals surface area contributed by atoms with Gasteiger partial charge in [-0.3, -0.25) is 4.79 Å². The van der Waals surface area contributed by atoms with Crippen molar-refractivity contribution in [1.82, 2.24) is 5.43 Å². The molecule has 4 unspecified atom stereocenters. The predicted octanol–water partition coefficient (Wildman–Crippen LogP) is 2.34. The fraction of sp³-hybridized carbons (Fsp3) is 0.467. The Kier molecular flexibility index (Phi) is 2.56. The number of benzene rings is 1. The van der Waals surface area contributed by atoms with Crippen molar-refractivity contribution in [3.05, 3.63) is 34.3 Å². The molecule has 1 aromatic carbocycles. The Bertz CT molecular complexity index is 583. The molecule has 1 saturated heterocycles. The summed E-state index contributed by atoms with van der Waals surface area (Å²) in [7, 11) is 0. The maximum absolute atomic E-state index is 12.1. The van der Waals surface area contributed by atoms with Gasteiger partial charge >= 0.3 is 0 Å². The number of nitrogens with one attached hydrogen (secondary N) is 1. The Hall–Kier alpha value is -1.16. The van der Waals surface area contributed by atoms with E-state index in [1.54, 1.807) is 0 Å². The van der Waals surface area contributed by atoms with Crippen LogP contribution in [0.15, 0.2) is 28.7 Å². The number of carbonyl (C=O) groups is 1. The van der Waals surface area contributed by atoms with Crippen molar-refractivity contribution >= 4 is 28.1 Å². The van der Waals surface area contributed by atoms with Crippen LogP contribution in [0.1, 0.15) is 24.8 Å². The lowest BCUT2D eigenvalue weighted by molar-refractivity contribution is -0.598. The molecule has 19 heavy (non-hydrogen) atoms. The van der Waals surface area contributed by atoms with E-state index in [4.69, 9.17) is 0 Å². The first-order valence-electron chi connectivity index (χ1n) is 6.92. The Balaban J connectivity index is 1.73. The Morgan fingerprint density at radius 1 is 1.26 bits per heavy atom. The van der Waals surface area contributed by atoms with Gasteiger partial charge in [0.1, 0.15) is 5.92 Å². The van der Waals surface area contributed by atoms with Crippen LogP contribution in [-0.4, -0.2) is 22.8 Å². The molecule has 3 fully saturated rings. The lowest BCUT2D eigenvalue weighted by Gasteiger charge is -2.16. The molecular formula is C15H16BrN2O+. The van der Waals surface area contributed by atoms with Crippen LogP contribution in [0.3, 0.4) is 0 Å². The van der Waals surface area contributed by atoms with Crippen LogP contribution in [0.5, 0.6) is 0 Å². The van der Waals surface area contributed by atoms with Gasteiger partial charge in [0.2, 0.25) is 6.21 Å². The minimum atomic E-state index is 0.220. The first-order chi connectivity index (χ1) is 9.24. The topological polar surface area (TPSA) is 32.1 Å². The smallest absolute Gasteiger partial charge is 0.269 e. The van der Waals surface area contributed by atoms with E-state index in [1.807, 2.05) is 18.2 Å². The predicted molar refractivity (Wildman–Crippen MR) is 75.8 cm³/mol. The molecule has 2 aliphatic carbocycles. The number of carbonyl (C=O) groups excluding carboxylic acids is 1. The van der Waals surface area contributed by atoms with Crippen molar-refractivity contribution in [3.8, 4) is 0 Å². The van der Waals surface area contributed by atoms with Gasteiger partial charge in [-0.15, -0.1) is 10.1 Å². The second-order valence-electron chi connectivity index (χ2n) is 5.88. The quantitative estimate of drug-likeness (QED) is 0.792. The molecule has 2 bridgehead atoms. The SMILES string of the molecule is O=C1N/[N+](=C/c2ccccc2Br)C2C3CCC(C3)C12. The van der Waals surface area contributed by atoms with E-state index < -0.39 is 0 Å². The van der Waals surface area contributed by atoms with Crippen LogP contribution in [-0.2, 0) is 4.79 Å². The lowest BCUT2D eigenvalue weighted by atomic mass is 9.85. The molecule has 0 aromatic heterocycles. The summed E-state index contributed by atoms with van der Waals surface area (Å²) in [5.41, 5.74) is 4.17. The van der Waals surface area contributed by atoms with Crippen LogP contribution in [0.25, 0.3) is 0 Å². The molecule has 1 aliphatic heterocycles. The molecular weight excluding hydrogens is 304 g/mol. The van der Waals surface area contributed by atoms with Gasteiger partial charge in [-0.2, -0.15) is 0 Å². The van der Waals surface area contributed by atoms with Gasteiger partial charge in [-0.1, -0.05) is 12.1 Å². The zero-order valence-electron chi connectivity index (χ0n) is 10.6. The summed E-state index contributed by atoms with van der Waals surface area (Å²) in [5, 5.41) is 0. The maximum Gasteiger partial charge on any atom is 0.284 e. The molecule has 0 radical (unpaired) electrons. The number of fused-ring (bicyclic) bond motifs is 5. The third-order valence-corrected chi connectivity index (χ3v) is 5.64.